The van der Waals surface area contributed by atoms with Crippen LogP contribution in [-0.2, 0) is 14.8 Å². The van der Waals surface area contributed by atoms with Crippen LogP contribution in [0.4, 0.5) is 0 Å². The van der Waals surface area contributed by atoms with Crippen LogP contribution in [0.25, 0.3) is 10.8 Å². The van der Waals surface area contributed by atoms with Gasteiger partial charge in [-0.05, 0) is 22.9 Å². The Morgan fingerprint density at radius 2 is 1.74 bits per heavy atom. The van der Waals surface area contributed by atoms with Crippen molar-refractivity contribution in [1.29, 1.82) is 0 Å². The minimum atomic E-state index is -3.55. The second-order valence-corrected chi connectivity index (χ2v) is 5.70. The van der Waals surface area contributed by atoms with Gasteiger partial charge < -0.3 is 5.32 Å². The first-order valence-electron chi connectivity index (χ1n) is 5.72. The molecule has 0 saturated heterocycles. The van der Waals surface area contributed by atoms with E-state index in [0.29, 0.717) is 0 Å². The number of rotatable bonds is 6. The molecule has 2 rings (SSSR count). The Labute approximate surface area is 111 Å². The molecule has 1 amide bonds. The summed E-state index contributed by atoms with van der Waals surface area (Å²) in [6, 6.07) is 12.5. The average Bonchev–Trinajstić information content (AvgIpc) is 2.43. The first-order chi connectivity index (χ1) is 9.13. The van der Waals surface area contributed by atoms with E-state index in [-0.39, 0.29) is 18.0 Å². The van der Waals surface area contributed by atoms with E-state index >= 15 is 0 Å². The lowest BCUT2D eigenvalue weighted by molar-refractivity contribution is 0.540. The van der Waals surface area contributed by atoms with Crippen molar-refractivity contribution < 1.29 is 13.2 Å². The van der Waals surface area contributed by atoms with Gasteiger partial charge in [-0.1, -0.05) is 30.3 Å². The Morgan fingerprint density at radius 1 is 1.00 bits per heavy atom. The van der Waals surface area contributed by atoms with Crippen LogP contribution in [0.15, 0.2) is 47.4 Å². The van der Waals surface area contributed by atoms with Gasteiger partial charge in [-0.15, -0.1) is 0 Å². The molecule has 19 heavy (non-hydrogen) atoms. The van der Waals surface area contributed by atoms with Gasteiger partial charge in [0.05, 0.1) is 4.90 Å². The number of carbonyl (C=O) groups excluding carboxylic acids is 1. The van der Waals surface area contributed by atoms with Gasteiger partial charge in [0, 0.05) is 13.1 Å². The van der Waals surface area contributed by atoms with Crippen LogP contribution >= 0.6 is 0 Å². The second-order valence-electron chi connectivity index (χ2n) is 3.94. The van der Waals surface area contributed by atoms with Gasteiger partial charge >= 0.3 is 6.41 Å². The molecule has 0 saturated carbocycles. The van der Waals surface area contributed by atoms with E-state index in [2.05, 4.69) is 10.0 Å². The zero-order chi connectivity index (χ0) is 13.7. The molecule has 99 valence electrons. The molecule has 0 aliphatic rings. The van der Waals surface area contributed by atoms with Crippen LogP contribution in [-0.4, -0.2) is 27.9 Å². The summed E-state index contributed by atoms with van der Waals surface area (Å²) in [5.41, 5.74) is 0. The van der Waals surface area contributed by atoms with E-state index in [4.69, 9.17) is 0 Å². The largest absolute Gasteiger partial charge is 0.347 e. The van der Waals surface area contributed by atoms with Crippen molar-refractivity contribution in [2.45, 2.75) is 4.90 Å². The smallest absolute Gasteiger partial charge is 0.309 e. The monoisotopic (exact) mass is 277 g/mol. The Morgan fingerprint density at radius 3 is 2.47 bits per heavy atom. The Balaban J connectivity index is 2.20. The molecule has 2 N–H and O–H groups in total. The molecule has 0 unspecified atom stereocenters. The Bertz CT molecular complexity index is 683. The maximum absolute atomic E-state index is 12.0. The number of amides is 1. The molecule has 0 spiro atoms. The predicted molar refractivity (Wildman–Crippen MR) is 72.8 cm³/mol. The summed E-state index contributed by atoms with van der Waals surface area (Å²) in [6.45, 7) is 0.334. The molecular weight excluding hydrogens is 264 g/mol. The van der Waals surface area contributed by atoms with E-state index in [1.165, 1.54) is 6.41 Å². The van der Waals surface area contributed by atoms with Gasteiger partial charge in [0.25, 0.3) is 0 Å². The van der Waals surface area contributed by atoms with Gasteiger partial charge in [0.1, 0.15) is 0 Å². The summed E-state index contributed by atoms with van der Waals surface area (Å²) in [6.07, 6.45) is 1.48. The van der Waals surface area contributed by atoms with Gasteiger partial charge in [0.15, 0.2) is 0 Å². The highest BCUT2D eigenvalue weighted by Crippen LogP contribution is 2.18. The molecule has 2 aromatic carbocycles. The summed E-state index contributed by atoms with van der Waals surface area (Å²) in [4.78, 5) is 10.1. The first kappa shape index (κ1) is 13.5. The molecule has 0 fully saturated rings. The van der Waals surface area contributed by atoms with E-state index in [1.807, 2.05) is 24.3 Å². The van der Waals surface area contributed by atoms with Crippen molar-refractivity contribution in [3.63, 3.8) is 0 Å². The third-order valence-corrected chi connectivity index (χ3v) is 4.10. The molecule has 2 aromatic rings. The number of hydrogen-bond donors (Lipinski definition) is 2. The highest BCUT2D eigenvalue weighted by molar-refractivity contribution is 7.89. The minimum absolute atomic E-state index is 0.129. The van der Waals surface area contributed by atoms with Crippen molar-refractivity contribution in [3.8, 4) is 0 Å². The summed E-state index contributed by atoms with van der Waals surface area (Å²) in [7, 11) is -3.55. The van der Waals surface area contributed by atoms with E-state index in [9.17, 15) is 13.2 Å². The fourth-order valence-corrected chi connectivity index (χ4v) is 2.78. The molecule has 0 bridgehead atoms. The summed E-state index contributed by atoms with van der Waals surface area (Å²) in [5.74, 6) is 0. The molecule has 1 radical (unpaired) electrons. The number of benzene rings is 2. The summed E-state index contributed by atoms with van der Waals surface area (Å²) >= 11 is 0. The SMILES string of the molecule is O=[C]NCCNS(=O)(=O)c1ccc2ccccc2c1. The predicted octanol–water partition coefficient (Wildman–Crippen LogP) is 0.775. The average molecular weight is 277 g/mol. The van der Waals surface area contributed by atoms with Crippen molar-refractivity contribution in [2.24, 2.45) is 0 Å². The number of sulfonamides is 1. The minimum Gasteiger partial charge on any atom is -0.347 e. The van der Waals surface area contributed by atoms with E-state index in [1.54, 1.807) is 18.2 Å². The van der Waals surface area contributed by atoms with Crippen LogP contribution in [0, 0.1) is 0 Å². The highest BCUT2D eigenvalue weighted by Gasteiger charge is 2.13. The lowest BCUT2D eigenvalue weighted by Gasteiger charge is -2.07. The molecule has 0 aliphatic carbocycles. The van der Waals surface area contributed by atoms with Crippen LogP contribution in [0.5, 0.6) is 0 Å². The zero-order valence-corrected chi connectivity index (χ0v) is 10.9. The number of fused-ring (bicyclic) bond motifs is 1. The third kappa shape index (κ3) is 3.30. The van der Waals surface area contributed by atoms with Crippen molar-refractivity contribution in [3.05, 3.63) is 42.5 Å². The van der Waals surface area contributed by atoms with E-state index in [0.717, 1.165) is 10.8 Å². The first-order valence-corrected chi connectivity index (χ1v) is 7.20. The molecule has 0 aromatic heterocycles. The van der Waals surface area contributed by atoms with Crippen LogP contribution in [0.1, 0.15) is 0 Å². The third-order valence-electron chi connectivity index (χ3n) is 2.65. The topological polar surface area (TPSA) is 75.3 Å². The number of nitrogens with one attached hydrogen (secondary N) is 2. The molecule has 0 atom stereocenters. The van der Waals surface area contributed by atoms with Gasteiger partial charge in [-0.2, -0.15) is 0 Å². The lowest BCUT2D eigenvalue weighted by Crippen LogP contribution is -2.31. The molecule has 5 nitrogen and oxygen atoms in total. The summed E-state index contributed by atoms with van der Waals surface area (Å²) in [5, 5.41) is 4.12. The summed E-state index contributed by atoms with van der Waals surface area (Å²) < 4.78 is 26.4. The van der Waals surface area contributed by atoms with Gasteiger partial charge in [-0.3, -0.25) is 4.79 Å². The molecular formula is C13H13N2O3S. The Hall–Kier alpha value is -1.92. The van der Waals surface area contributed by atoms with Gasteiger partial charge in [0.2, 0.25) is 10.0 Å². The van der Waals surface area contributed by atoms with Crippen molar-refractivity contribution in [1.82, 2.24) is 10.0 Å². The number of hydrogen-bond acceptors (Lipinski definition) is 3. The van der Waals surface area contributed by atoms with Gasteiger partial charge in [-0.25, -0.2) is 13.1 Å². The quantitative estimate of drug-likeness (QED) is 0.605. The van der Waals surface area contributed by atoms with Crippen LogP contribution in [0.3, 0.4) is 0 Å². The molecule has 0 aliphatic heterocycles. The van der Waals surface area contributed by atoms with Crippen molar-refractivity contribution >= 4 is 27.2 Å². The second kappa shape index (κ2) is 5.81. The lowest BCUT2D eigenvalue weighted by atomic mass is 10.1. The van der Waals surface area contributed by atoms with E-state index < -0.39 is 10.0 Å². The van der Waals surface area contributed by atoms with Crippen LogP contribution < -0.4 is 10.0 Å². The normalized spacial score (nSPS) is 11.4. The maximum atomic E-state index is 12.0. The fourth-order valence-electron chi connectivity index (χ4n) is 1.72. The zero-order valence-electron chi connectivity index (χ0n) is 10.1. The fraction of sp³-hybridized carbons (Fsp3) is 0.154. The molecule has 6 heteroatoms. The maximum Gasteiger partial charge on any atom is 0.309 e. The standard InChI is InChI=1S/C13H13N2O3S/c16-10-14-7-8-15-19(17,18)13-6-5-11-3-1-2-4-12(11)9-13/h1-6,9,15H,7-8H2,(H,14,16). The van der Waals surface area contributed by atoms with Crippen LogP contribution in [0.2, 0.25) is 0 Å². The Kier molecular flexibility index (Phi) is 4.13. The molecule has 0 heterocycles. The highest BCUT2D eigenvalue weighted by atomic mass is 32.2. The van der Waals surface area contributed by atoms with Crippen molar-refractivity contribution in [2.75, 3.05) is 13.1 Å².